The van der Waals surface area contributed by atoms with Crippen LogP contribution in [0.5, 0.6) is 0 Å². The van der Waals surface area contributed by atoms with Crippen molar-refractivity contribution < 1.29 is 0 Å². The minimum absolute atomic E-state index is 0.478. The summed E-state index contributed by atoms with van der Waals surface area (Å²) in [5.41, 5.74) is 1.08. The van der Waals surface area contributed by atoms with Gasteiger partial charge in [-0.2, -0.15) is 0 Å². The maximum Gasteiger partial charge on any atom is 0.00456 e. The van der Waals surface area contributed by atoms with Crippen LogP contribution < -0.4 is 0 Å². The van der Waals surface area contributed by atoms with E-state index >= 15 is 0 Å². The van der Waals surface area contributed by atoms with Gasteiger partial charge in [-0.25, -0.2) is 0 Å². The van der Waals surface area contributed by atoms with Crippen LogP contribution in [-0.4, -0.2) is 24.5 Å². The normalized spacial score (nSPS) is 42.9. The van der Waals surface area contributed by atoms with Crippen LogP contribution in [0.2, 0.25) is 0 Å². The second-order valence-corrected chi connectivity index (χ2v) is 6.31. The molecule has 0 radical (unpaired) electrons. The van der Waals surface area contributed by atoms with Gasteiger partial charge in [0, 0.05) is 6.54 Å². The number of nitrogens with zero attached hydrogens (tertiary/aromatic N) is 1. The summed E-state index contributed by atoms with van der Waals surface area (Å²) in [7, 11) is 0. The van der Waals surface area contributed by atoms with Crippen molar-refractivity contribution in [2.24, 2.45) is 16.7 Å². The van der Waals surface area contributed by atoms with Gasteiger partial charge in [-0.15, -0.1) is 0 Å². The summed E-state index contributed by atoms with van der Waals surface area (Å²) in [6.45, 7) is 13.8. The van der Waals surface area contributed by atoms with Gasteiger partial charge < -0.3 is 4.90 Å². The summed E-state index contributed by atoms with van der Waals surface area (Å²) in [4.78, 5) is 2.69. The Hall–Kier alpha value is -0.0400. The molecule has 0 amide bonds. The summed E-state index contributed by atoms with van der Waals surface area (Å²) in [5.74, 6) is 0.998. The lowest BCUT2D eigenvalue weighted by atomic mass is 9.53. The minimum Gasteiger partial charge on any atom is -0.303 e. The van der Waals surface area contributed by atoms with Gasteiger partial charge >= 0.3 is 0 Å². The second kappa shape index (κ2) is 3.23. The van der Waals surface area contributed by atoms with Gasteiger partial charge in [0.15, 0.2) is 0 Å². The third-order valence-corrected chi connectivity index (χ3v) is 5.00. The average molecular weight is 195 g/mol. The first-order valence-corrected chi connectivity index (χ1v) is 6.22. The van der Waals surface area contributed by atoms with Gasteiger partial charge in [0.1, 0.15) is 0 Å². The van der Waals surface area contributed by atoms with Crippen LogP contribution in [0, 0.1) is 16.7 Å². The van der Waals surface area contributed by atoms with E-state index in [0.29, 0.717) is 10.8 Å². The standard InChI is InChI=1S/C13H25N/c1-5-13(12(2,3)4)10-14-8-6-11(13)7-9-14/h11H,5-10H2,1-4H3. The third kappa shape index (κ3) is 1.32. The molecule has 0 spiro atoms. The fourth-order valence-corrected chi connectivity index (χ4v) is 3.95. The molecule has 3 heterocycles. The first-order valence-electron chi connectivity index (χ1n) is 6.22. The Kier molecular flexibility index (Phi) is 2.42. The molecule has 1 heteroatoms. The molecule has 3 saturated heterocycles. The first kappa shape index (κ1) is 10.5. The third-order valence-electron chi connectivity index (χ3n) is 5.00. The highest BCUT2D eigenvalue weighted by Crippen LogP contribution is 2.54. The Morgan fingerprint density at radius 2 is 1.79 bits per heavy atom. The molecule has 0 aromatic rings. The van der Waals surface area contributed by atoms with Gasteiger partial charge in [-0.05, 0) is 49.1 Å². The maximum absolute atomic E-state index is 2.69. The molecular weight excluding hydrogens is 170 g/mol. The minimum atomic E-state index is 0.478. The molecule has 0 aromatic carbocycles. The Morgan fingerprint density at radius 3 is 2.00 bits per heavy atom. The zero-order valence-corrected chi connectivity index (χ0v) is 10.3. The van der Waals surface area contributed by atoms with E-state index in [-0.39, 0.29) is 0 Å². The SMILES string of the molecule is CCC1(C(C)(C)C)CN2CCC1CC2. The number of rotatable bonds is 1. The van der Waals surface area contributed by atoms with Gasteiger partial charge in [-0.1, -0.05) is 27.7 Å². The summed E-state index contributed by atoms with van der Waals surface area (Å²) in [6, 6.07) is 0. The van der Waals surface area contributed by atoms with Crippen molar-refractivity contribution in [1.29, 1.82) is 0 Å². The zero-order chi connectivity index (χ0) is 10.4. The highest BCUT2D eigenvalue weighted by Gasteiger charge is 2.51. The van der Waals surface area contributed by atoms with Crippen LogP contribution in [0.3, 0.4) is 0 Å². The lowest BCUT2D eigenvalue weighted by molar-refractivity contribution is -0.0997. The van der Waals surface area contributed by atoms with Crippen LogP contribution in [0.1, 0.15) is 47.0 Å². The maximum atomic E-state index is 2.69. The summed E-state index contributed by atoms with van der Waals surface area (Å²) >= 11 is 0. The monoisotopic (exact) mass is 195 g/mol. The average Bonchev–Trinajstić information content (AvgIpc) is 2.17. The Labute approximate surface area is 88.9 Å². The number of hydrogen-bond acceptors (Lipinski definition) is 1. The molecule has 82 valence electrons. The van der Waals surface area contributed by atoms with E-state index in [1.54, 1.807) is 0 Å². The predicted molar refractivity (Wildman–Crippen MR) is 61.3 cm³/mol. The topological polar surface area (TPSA) is 3.24 Å². The van der Waals surface area contributed by atoms with Crippen molar-refractivity contribution in [2.45, 2.75) is 47.0 Å². The van der Waals surface area contributed by atoms with E-state index in [0.717, 1.165) is 5.92 Å². The van der Waals surface area contributed by atoms with Gasteiger partial charge in [0.2, 0.25) is 0 Å². The highest BCUT2D eigenvalue weighted by molar-refractivity contribution is 5.02. The fourth-order valence-electron chi connectivity index (χ4n) is 3.95. The molecule has 0 N–H and O–H groups in total. The molecule has 1 nitrogen and oxygen atoms in total. The van der Waals surface area contributed by atoms with E-state index in [2.05, 4.69) is 32.6 Å². The van der Waals surface area contributed by atoms with E-state index in [1.807, 2.05) is 0 Å². The van der Waals surface area contributed by atoms with Crippen LogP contribution in [0.25, 0.3) is 0 Å². The molecule has 3 aliphatic heterocycles. The highest BCUT2D eigenvalue weighted by atomic mass is 15.2. The van der Waals surface area contributed by atoms with Crippen LogP contribution >= 0.6 is 0 Å². The van der Waals surface area contributed by atoms with Crippen molar-refractivity contribution in [2.75, 3.05) is 19.6 Å². The zero-order valence-electron chi connectivity index (χ0n) is 10.3. The Balaban J connectivity index is 2.28. The van der Waals surface area contributed by atoms with E-state index in [1.165, 1.54) is 38.9 Å². The van der Waals surface area contributed by atoms with E-state index in [4.69, 9.17) is 0 Å². The summed E-state index contributed by atoms with van der Waals surface area (Å²) in [6.07, 6.45) is 4.26. The molecule has 1 unspecified atom stereocenters. The van der Waals surface area contributed by atoms with Crippen molar-refractivity contribution in [3.8, 4) is 0 Å². The number of hydrogen-bond donors (Lipinski definition) is 0. The number of piperidine rings is 3. The molecule has 14 heavy (non-hydrogen) atoms. The van der Waals surface area contributed by atoms with Gasteiger partial charge in [0.25, 0.3) is 0 Å². The van der Waals surface area contributed by atoms with Crippen LogP contribution in [0.4, 0.5) is 0 Å². The number of fused-ring (bicyclic) bond motifs is 3. The Bertz CT molecular complexity index is 208. The van der Waals surface area contributed by atoms with Gasteiger partial charge in [0.05, 0.1) is 0 Å². The quantitative estimate of drug-likeness (QED) is 0.621. The molecule has 0 aliphatic carbocycles. The Morgan fingerprint density at radius 1 is 1.21 bits per heavy atom. The van der Waals surface area contributed by atoms with Crippen molar-refractivity contribution >= 4 is 0 Å². The largest absolute Gasteiger partial charge is 0.303 e. The molecule has 1 atom stereocenters. The fraction of sp³-hybridized carbons (Fsp3) is 1.00. The van der Waals surface area contributed by atoms with Crippen molar-refractivity contribution in [3.63, 3.8) is 0 Å². The summed E-state index contributed by atoms with van der Waals surface area (Å²) < 4.78 is 0. The van der Waals surface area contributed by atoms with Gasteiger partial charge in [-0.3, -0.25) is 0 Å². The lowest BCUT2D eigenvalue weighted by Crippen LogP contribution is -2.59. The van der Waals surface area contributed by atoms with Crippen molar-refractivity contribution in [3.05, 3.63) is 0 Å². The second-order valence-electron chi connectivity index (χ2n) is 6.31. The smallest absolute Gasteiger partial charge is 0.00456 e. The molecule has 3 fully saturated rings. The van der Waals surface area contributed by atoms with E-state index in [9.17, 15) is 0 Å². The van der Waals surface area contributed by atoms with Crippen LogP contribution in [-0.2, 0) is 0 Å². The first-order chi connectivity index (χ1) is 6.49. The molecule has 2 bridgehead atoms. The molecule has 0 saturated carbocycles. The van der Waals surface area contributed by atoms with Crippen LogP contribution in [0.15, 0.2) is 0 Å². The van der Waals surface area contributed by atoms with E-state index < -0.39 is 0 Å². The molecule has 0 aromatic heterocycles. The molecule has 3 rings (SSSR count). The van der Waals surface area contributed by atoms with Crippen molar-refractivity contribution in [1.82, 2.24) is 4.90 Å². The molecular formula is C13H25N. The lowest BCUT2D eigenvalue weighted by Gasteiger charge is -2.59. The predicted octanol–water partition coefficient (Wildman–Crippen LogP) is 3.15. The molecule has 3 aliphatic rings. The summed E-state index contributed by atoms with van der Waals surface area (Å²) in [5, 5.41) is 0.